The van der Waals surface area contributed by atoms with E-state index in [1.807, 2.05) is 24.3 Å². The number of hydrogen-bond donors (Lipinski definition) is 1. The van der Waals surface area contributed by atoms with Crippen LogP contribution in [0.5, 0.6) is 0 Å². The molecule has 2 aromatic carbocycles. The zero-order valence-electron chi connectivity index (χ0n) is 13.2. The summed E-state index contributed by atoms with van der Waals surface area (Å²) in [7, 11) is 2.16. The molecule has 0 unspecified atom stereocenters. The molecule has 4 nitrogen and oxygen atoms in total. The van der Waals surface area contributed by atoms with Crippen LogP contribution in [-0.4, -0.2) is 28.3 Å². The van der Waals surface area contributed by atoms with Gasteiger partial charge in [0.2, 0.25) is 0 Å². The van der Waals surface area contributed by atoms with E-state index in [1.165, 1.54) is 11.3 Å². The molecule has 0 atom stereocenters. The molecule has 4 heteroatoms. The lowest BCUT2D eigenvalue weighted by atomic mass is 10.0. The molecular weight excluding hydrogens is 284 g/mol. The van der Waals surface area contributed by atoms with Crippen molar-refractivity contribution in [3.8, 4) is 16.9 Å². The van der Waals surface area contributed by atoms with E-state index in [1.54, 1.807) is 0 Å². The fraction of sp³-hybridized carbons (Fsp3) is 0.211. The quantitative estimate of drug-likeness (QED) is 0.740. The Morgan fingerprint density at radius 3 is 2.65 bits per heavy atom. The number of nitrogens with two attached hydrogens (primary N) is 1. The van der Waals surface area contributed by atoms with Crippen LogP contribution in [0.25, 0.3) is 16.9 Å². The topological polar surface area (TPSA) is 47.1 Å². The lowest BCUT2D eigenvalue weighted by Crippen LogP contribution is -2.27. The molecule has 4 rings (SSSR count). The van der Waals surface area contributed by atoms with Crippen molar-refractivity contribution in [2.45, 2.75) is 13.0 Å². The van der Waals surface area contributed by atoms with Gasteiger partial charge in [-0.3, -0.25) is 0 Å². The number of anilines is 1. The first kappa shape index (κ1) is 14.0. The van der Waals surface area contributed by atoms with Crippen LogP contribution < -0.4 is 5.73 Å². The van der Waals surface area contributed by atoms with Crippen molar-refractivity contribution in [2.75, 3.05) is 19.3 Å². The van der Waals surface area contributed by atoms with Crippen LogP contribution in [0.4, 0.5) is 5.69 Å². The smallest absolute Gasteiger partial charge is 0.0976 e. The zero-order chi connectivity index (χ0) is 15.8. The fourth-order valence-corrected chi connectivity index (χ4v) is 3.25. The van der Waals surface area contributed by atoms with Gasteiger partial charge in [0.25, 0.3) is 0 Å². The Morgan fingerprint density at radius 1 is 1.04 bits per heavy atom. The number of rotatable bonds is 2. The van der Waals surface area contributed by atoms with E-state index in [0.717, 1.165) is 42.1 Å². The Kier molecular flexibility index (Phi) is 3.39. The van der Waals surface area contributed by atoms with Gasteiger partial charge in [0.1, 0.15) is 0 Å². The van der Waals surface area contributed by atoms with Crippen LogP contribution in [0, 0.1) is 0 Å². The van der Waals surface area contributed by atoms with Crippen molar-refractivity contribution in [3.63, 3.8) is 0 Å². The molecule has 1 aromatic heterocycles. The molecule has 0 fully saturated rings. The molecule has 0 radical (unpaired) electrons. The van der Waals surface area contributed by atoms with Gasteiger partial charge in [-0.2, -0.15) is 5.10 Å². The number of benzene rings is 2. The van der Waals surface area contributed by atoms with E-state index < -0.39 is 0 Å². The molecule has 2 heterocycles. The highest BCUT2D eigenvalue weighted by atomic mass is 15.3. The van der Waals surface area contributed by atoms with Crippen LogP contribution in [0.3, 0.4) is 0 Å². The van der Waals surface area contributed by atoms with Crippen LogP contribution in [0.15, 0.2) is 54.6 Å². The second-order valence-corrected chi connectivity index (χ2v) is 6.13. The van der Waals surface area contributed by atoms with Crippen molar-refractivity contribution in [3.05, 3.63) is 65.9 Å². The van der Waals surface area contributed by atoms with E-state index in [0.29, 0.717) is 0 Å². The van der Waals surface area contributed by atoms with Gasteiger partial charge in [0.05, 0.1) is 17.1 Å². The third-order valence-corrected chi connectivity index (χ3v) is 4.41. The van der Waals surface area contributed by atoms with Gasteiger partial charge >= 0.3 is 0 Å². The third-order valence-electron chi connectivity index (χ3n) is 4.41. The number of para-hydroxylation sites is 1. The molecule has 0 saturated heterocycles. The molecule has 0 amide bonds. The monoisotopic (exact) mass is 304 g/mol. The third kappa shape index (κ3) is 2.51. The first-order valence-corrected chi connectivity index (χ1v) is 7.93. The van der Waals surface area contributed by atoms with E-state index >= 15 is 0 Å². The maximum absolute atomic E-state index is 5.97. The highest BCUT2D eigenvalue weighted by molar-refractivity contribution is 5.68. The second-order valence-electron chi connectivity index (χ2n) is 6.13. The standard InChI is InChI=1S/C19H20N4/c1-22-11-10-18-17(13-22)19(14-6-5-7-15(20)12-14)21-23(18)16-8-3-2-4-9-16/h2-9,12H,10-11,13,20H2,1H3. The Morgan fingerprint density at radius 2 is 1.87 bits per heavy atom. The van der Waals surface area contributed by atoms with Crippen LogP contribution in [-0.2, 0) is 13.0 Å². The minimum Gasteiger partial charge on any atom is -0.399 e. The summed E-state index contributed by atoms with van der Waals surface area (Å²) in [4.78, 5) is 2.34. The van der Waals surface area contributed by atoms with Crippen molar-refractivity contribution in [1.82, 2.24) is 14.7 Å². The average Bonchev–Trinajstić information content (AvgIpc) is 2.94. The summed E-state index contributed by atoms with van der Waals surface area (Å²) in [5.74, 6) is 0. The molecule has 0 bridgehead atoms. The minimum atomic E-state index is 0.773. The van der Waals surface area contributed by atoms with Crippen LogP contribution >= 0.6 is 0 Å². The summed E-state index contributed by atoms with van der Waals surface area (Å²) in [6.07, 6.45) is 1.01. The van der Waals surface area contributed by atoms with E-state index in [9.17, 15) is 0 Å². The van der Waals surface area contributed by atoms with Crippen LogP contribution in [0.2, 0.25) is 0 Å². The van der Waals surface area contributed by atoms with Crippen molar-refractivity contribution >= 4 is 5.69 Å². The Hall–Kier alpha value is -2.59. The molecule has 3 aromatic rings. The zero-order valence-corrected chi connectivity index (χ0v) is 13.2. The van der Waals surface area contributed by atoms with Gasteiger partial charge in [-0.1, -0.05) is 30.3 Å². The molecular formula is C19H20N4. The number of hydrogen-bond acceptors (Lipinski definition) is 3. The van der Waals surface area contributed by atoms with E-state index in [4.69, 9.17) is 10.8 Å². The predicted molar refractivity (Wildman–Crippen MR) is 93.5 cm³/mol. The maximum Gasteiger partial charge on any atom is 0.0976 e. The van der Waals surface area contributed by atoms with Gasteiger partial charge < -0.3 is 10.6 Å². The first-order valence-electron chi connectivity index (χ1n) is 7.93. The SMILES string of the molecule is CN1CCc2c(c(-c3cccc(N)c3)nn2-c2ccccc2)C1. The van der Waals surface area contributed by atoms with Gasteiger partial charge in [-0.25, -0.2) is 4.68 Å². The number of fused-ring (bicyclic) bond motifs is 1. The summed E-state index contributed by atoms with van der Waals surface area (Å²) < 4.78 is 2.10. The molecule has 1 aliphatic heterocycles. The number of nitrogen functional groups attached to an aromatic ring is 1. The molecule has 23 heavy (non-hydrogen) atoms. The van der Waals surface area contributed by atoms with Gasteiger partial charge in [0.15, 0.2) is 0 Å². The van der Waals surface area contributed by atoms with E-state index in [2.05, 4.69) is 47.0 Å². The first-order chi connectivity index (χ1) is 11.2. The predicted octanol–water partition coefficient (Wildman–Crippen LogP) is 3.11. The average molecular weight is 304 g/mol. The summed E-state index contributed by atoms with van der Waals surface area (Å²) in [6.45, 7) is 1.98. The Labute approximate surface area is 136 Å². The van der Waals surface area contributed by atoms with E-state index in [-0.39, 0.29) is 0 Å². The van der Waals surface area contributed by atoms with Gasteiger partial charge in [-0.05, 0) is 31.3 Å². The highest BCUT2D eigenvalue weighted by Gasteiger charge is 2.24. The lowest BCUT2D eigenvalue weighted by Gasteiger charge is -2.23. The number of aromatic nitrogens is 2. The largest absolute Gasteiger partial charge is 0.399 e. The molecule has 0 spiro atoms. The van der Waals surface area contributed by atoms with Crippen LogP contribution in [0.1, 0.15) is 11.3 Å². The summed E-state index contributed by atoms with van der Waals surface area (Å²) >= 11 is 0. The Balaban J connectivity index is 1.91. The van der Waals surface area contributed by atoms with Crippen molar-refractivity contribution < 1.29 is 0 Å². The summed E-state index contributed by atoms with van der Waals surface area (Å²) in [5, 5.41) is 4.94. The summed E-state index contributed by atoms with van der Waals surface area (Å²) in [6, 6.07) is 18.4. The highest BCUT2D eigenvalue weighted by Crippen LogP contribution is 2.32. The van der Waals surface area contributed by atoms with Gasteiger partial charge in [-0.15, -0.1) is 0 Å². The molecule has 2 N–H and O–H groups in total. The number of likely N-dealkylation sites (N-methyl/N-ethyl adjacent to an activating group) is 1. The number of nitrogens with zero attached hydrogens (tertiary/aromatic N) is 3. The molecule has 0 aliphatic carbocycles. The normalized spacial score (nSPS) is 14.7. The molecule has 1 aliphatic rings. The second kappa shape index (κ2) is 5.56. The Bertz CT molecular complexity index is 836. The van der Waals surface area contributed by atoms with Crippen molar-refractivity contribution in [2.24, 2.45) is 0 Å². The maximum atomic E-state index is 5.97. The summed E-state index contributed by atoms with van der Waals surface area (Å²) in [5.41, 5.74) is 12.6. The minimum absolute atomic E-state index is 0.773. The molecule has 116 valence electrons. The van der Waals surface area contributed by atoms with Crippen molar-refractivity contribution in [1.29, 1.82) is 0 Å². The fourth-order valence-electron chi connectivity index (χ4n) is 3.25. The molecule has 0 saturated carbocycles. The van der Waals surface area contributed by atoms with Gasteiger partial charge in [0, 0.05) is 36.3 Å². The lowest BCUT2D eigenvalue weighted by molar-refractivity contribution is 0.310.